The van der Waals surface area contributed by atoms with Gasteiger partial charge in [0.1, 0.15) is 0 Å². The van der Waals surface area contributed by atoms with E-state index in [1.54, 1.807) is 36.7 Å². The van der Waals surface area contributed by atoms with E-state index in [4.69, 9.17) is 4.74 Å². The van der Waals surface area contributed by atoms with E-state index < -0.39 is 0 Å². The van der Waals surface area contributed by atoms with Crippen LogP contribution in [0.25, 0.3) is 16.9 Å². The van der Waals surface area contributed by atoms with E-state index in [0.717, 1.165) is 0 Å². The molecule has 0 spiro atoms. The highest BCUT2D eigenvalue weighted by molar-refractivity contribution is 5.94. The zero-order valence-corrected chi connectivity index (χ0v) is 14.7. The molecule has 0 bridgehead atoms. The predicted molar refractivity (Wildman–Crippen MR) is 96.6 cm³/mol. The molecule has 0 fully saturated rings. The molecular weight excluding hydrogens is 334 g/mol. The van der Waals surface area contributed by atoms with Crippen molar-refractivity contribution in [3.63, 3.8) is 0 Å². The summed E-state index contributed by atoms with van der Waals surface area (Å²) in [5.74, 6) is 0.610. The van der Waals surface area contributed by atoms with Gasteiger partial charge in [-0.2, -0.15) is 0 Å². The van der Waals surface area contributed by atoms with Gasteiger partial charge in [0, 0.05) is 30.7 Å². The summed E-state index contributed by atoms with van der Waals surface area (Å²) in [7, 11) is 1.52. The second-order valence-electron chi connectivity index (χ2n) is 5.95. The van der Waals surface area contributed by atoms with Crippen LogP contribution in [0.3, 0.4) is 0 Å². The van der Waals surface area contributed by atoms with Crippen LogP contribution in [0.5, 0.6) is 5.88 Å². The maximum Gasteiger partial charge on any atom is 0.280 e. The smallest absolute Gasteiger partial charge is 0.280 e. The molecule has 2 N–H and O–H groups in total. The number of amides is 1. The molecule has 0 aliphatic heterocycles. The lowest BCUT2D eigenvalue weighted by Crippen LogP contribution is -2.30. The van der Waals surface area contributed by atoms with Crippen molar-refractivity contribution in [1.29, 1.82) is 0 Å². The first-order valence-electron chi connectivity index (χ1n) is 8.07. The zero-order chi connectivity index (χ0) is 18.7. The number of methoxy groups -OCH3 is 1. The fourth-order valence-electron chi connectivity index (χ4n) is 2.43. The summed E-state index contributed by atoms with van der Waals surface area (Å²) in [6.07, 6.45) is 4.61. The third-order valence-electron chi connectivity index (χ3n) is 3.69. The number of carbonyl (C=O) groups excluding carboxylic acids is 1. The lowest BCUT2D eigenvalue weighted by molar-refractivity contribution is 0.0943. The van der Waals surface area contributed by atoms with Crippen molar-refractivity contribution in [2.75, 3.05) is 7.11 Å². The average molecular weight is 353 g/mol. The lowest BCUT2D eigenvalue weighted by atomic mass is 10.1. The molecule has 0 atom stereocenters. The highest BCUT2D eigenvalue weighted by Gasteiger charge is 2.13. The Morgan fingerprint density at radius 1 is 1.27 bits per heavy atom. The van der Waals surface area contributed by atoms with E-state index in [-0.39, 0.29) is 17.5 Å². The van der Waals surface area contributed by atoms with E-state index in [2.05, 4.69) is 20.4 Å². The molecular formula is C18H19N5O3. The SMILES string of the molecule is COc1cc(-c2c[nH]n(-c3ccc(C(=O)NC(C)C)cn3)c2=O)ccn1. The first kappa shape index (κ1) is 17.4. The van der Waals surface area contributed by atoms with Gasteiger partial charge < -0.3 is 10.1 Å². The van der Waals surface area contributed by atoms with Gasteiger partial charge in [0.05, 0.1) is 18.2 Å². The molecule has 134 valence electrons. The number of carbonyl (C=O) groups is 1. The quantitative estimate of drug-likeness (QED) is 0.728. The topological polar surface area (TPSA) is 102 Å². The minimum Gasteiger partial charge on any atom is -0.481 e. The Morgan fingerprint density at radius 2 is 2.08 bits per heavy atom. The number of aromatic nitrogens is 4. The van der Waals surface area contributed by atoms with Gasteiger partial charge in [-0.15, -0.1) is 0 Å². The molecule has 3 rings (SSSR count). The molecule has 8 heteroatoms. The Balaban J connectivity index is 1.90. The Morgan fingerprint density at radius 3 is 2.73 bits per heavy atom. The van der Waals surface area contributed by atoms with Crippen LogP contribution in [0, 0.1) is 0 Å². The van der Waals surface area contributed by atoms with Crippen LogP contribution in [-0.4, -0.2) is 38.8 Å². The van der Waals surface area contributed by atoms with E-state index >= 15 is 0 Å². The van der Waals surface area contributed by atoms with Crippen molar-refractivity contribution in [2.24, 2.45) is 0 Å². The molecule has 3 aromatic heterocycles. The number of ether oxygens (including phenoxy) is 1. The second-order valence-corrected chi connectivity index (χ2v) is 5.95. The molecule has 0 radical (unpaired) electrons. The first-order chi connectivity index (χ1) is 12.5. The number of rotatable bonds is 5. The van der Waals surface area contributed by atoms with E-state index in [1.807, 2.05) is 13.8 Å². The molecule has 0 aliphatic carbocycles. The summed E-state index contributed by atoms with van der Waals surface area (Å²) < 4.78 is 6.40. The molecule has 3 heterocycles. The number of hydrogen-bond donors (Lipinski definition) is 2. The van der Waals surface area contributed by atoms with Crippen LogP contribution in [0.2, 0.25) is 0 Å². The standard InChI is InChI=1S/C18H19N5O3/c1-11(2)22-17(24)13-4-5-15(20-9-13)23-18(25)14(10-21-23)12-6-7-19-16(8-12)26-3/h4-11,21H,1-3H3,(H,22,24). The average Bonchev–Trinajstić information content (AvgIpc) is 3.03. The summed E-state index contributed by atoms with van der Waals surface area (Å²) >= 11 is 0. The van der Waals surface area contributed by atoms with Gasteiger partial charge in [-0.3, -0.25) is 14.7 Å². The van der Waals surface area contributed by atoms with Crippen molar-refractivity contribution in [3.05, 3.63) is 58.8 Å². The van der Waals surface area contributed by atoms with Crippen molar-refractivity contribution in [3.8, 4) is 22.8 Å². The van der Waals surface area contributed by atoms with Crippen LogP contribution in [0.4, 0.5) is 0 Å². The normalized spacial score (nSPS) is 10.8. The number of H-pyrrole nitrogens is 1. The van der Waals surface area contributed by atoms with Crippen LogP contribution in [0.15, 0.2) is 47.7 Å². The lowest BCUT2D eigenvalue weighted by Gasteiger charge is -2.08. The Kier molecular flexibility index (Phi) is 4.83. The monoisotopic (exact) mass is 353 g/mol. The summed E-state index contributed by atoms with van der Waals surface area (Å²) in [5, 5.41) is 5.68. The Labute approximate surface area is 149 Å². The highest BCUT2D eigenvalue weighted by Crippen LogP contribution is 2.19. The van der Waals surface area contributed by atoms with Crippen LogP contribution < -0.4 is 15.6 Å². The fourth-order valence-corrected chi connectivity index (χ4v) is 2.43. The highest BCUT2D eigenvalue weighted by atomic mass is 16.5. The Bertz CT molecular complexity index is 973. The molecule has 0 saturated heterocycles. The molecule has 26 heavy (non-hydrogen) atoms. The summed E-state index contributed by atoms with van der Waals surface area (Å²) in [5.41, 5.74) is 1.32. The van der Waals surface area contributed by atoms with Gasteiger partial charge in [-0.05, 0) is 37.6 Å². The maximum atomic E-state index is 12.7. The molecule has 0 saturated carbocycles. The predicted octanol–water partition coefficient (Wildman–Crippen LogP) is 1.77. The van der Waals surface area contributed by atoms with Gasteiger partial charge >= 0.3 is 0 Å². The number of hydrogen-bond acceptors (Lipinski definition) is 5. The molecule has 0 aromatic carbocycles. The molecule has 3 aromatic rings. The minimum absolute atomic E-state index is 0.0353. The Hall–Kier alpha value is -3.42. The molecule has 8 nitrogen and oxygen atoms in total. The fraction of sp³-hybridized carbons (Fsp3) is 0.222. The van der Waals surface area contributed by atoms with Gasteiger partial charge in [0.15, 0.2) is 5.82 Å². The molecule has 0 unspecified atom stereocenters. The minimum atomic E-state index is -0.259. The number of pyridine rings is 2. The summed E-state index contributed by atoms with van der Waals surface area (Å²) in [6, 6.07) is 6.69. The van der Waals surface area contributed by atoms with Crippen molar-refractivity contribution >= 4 is 5.91 Å². The van der Waals surface area contributed by atoms with Crippen molar-refractivity contribution in [2.45, 2.75) is 19.9 Å². The third kappa shape index (κ3) is 3.49. The van der Waals surface area contributed by atoms with Gasteiger partial charge in [0.25, 0.3) is 11.5 Å². The van der Waals surface area contributed by atoms with Crippen molar-refractivity contribution in [1.82, 2.24) is 25.1 Å². The molecule has 1 amide bonds. The van der Waals surface area contributed by atoms with Crippen LogP contribution in [-0.2, 0) is 0 Å². The number of nitrogens with zero attached hydrogens (tertiary/aromatic N) is 3. The van der Waals surface area contributed by atoms with Gasteiger partial charge in [0.2, 0.25) is 5.88 Å². The van der Waals surface area contributed by atoms with Gasteiger partial charge in [-0.25, -0.2) is 14.6 Å². The number of aromatic amines is 1. The third-order valence-corrected chi connectivity index (χ3v) is 3.69. The number of nitrogens with one attached hydrogen (secondary N) is 2. The largest absolute Gasteiger partial charge is 0.481 e. The van der Waals surface area contributed by atoms with Crippen LogP contribution in [0.1, 0.15) is 24.2 Å². The second kappa shape index (κ2) is 7.22. The zero-order valence-electron chi connectivity index (χ0n) is 14.7. The maximum absolute atomic E-state index is 12.7. The summed E-state index contributed by atoms with van der Waals surface area (Å²) in [4.78, 5) is 32.9. The van der Waals surface area contributed by atoms with E-state index in [9.17, 15) is 9.59 Å². The first-order valence-corrected chi connectivity index (χ1v) is 8.07. The van der Waals surface area contributed by atoms with Crippen LogP contribution >= 0.6 is 0 Å². The molecule has 0 aliphatic rings. The van der Waals surface area contributed by atoms with E-state index in [1.165, 1.54) is 18.0 Å². The van der Waals surface area contributed by atoms with E-state index in [0.29, 0.717) is 28.4 Å². The van der Waals surface area contributed by atoms with Gasteiger partial charge in [-0.1, -0.05) is 0 Å². The van der Waals surface area contributed by atoms with Crippen molar-refractivity contribution < 1.29 is 9.53 Å². The summed E-state index contributed by atoms with van der Waals surface area (Å²) in [6.45, 7) is 3.77.